The lowest BCUT2D eigenvalue weighted by Gasteiger charge is -2.11. The van der Waals surface area contributed by atoms with Crippen molar-refractivity contribution < 1.29 is 14.0 Å². The molecule has 148 valence electrons. The first-order valence-corrected chi connectivity index (χ1v) is 9.29. The maximum Gasteiger partial charge on any atom is 0.257 e. The Kier molecular flexibility index (Phi) is 6.34. The number of benzene rings is 2. The van der Waals surface area contributed by atoms with Gasteiger partial charge < -0.3 is 10.6 Å². The lowest BCUT2D eigenvalue weighted by atomic mass is 10.1. The molecule has 2 amide bonds. The average molecular weight is 391 g/mol. The number of anilines is 1. The molecule has 0 bridgehead atoms. The summed E-state index contributed by atoms with van der Waals surface area (Å²) in [5.74, 6) is -0.937. The molecule has 0 aliphatic heterocycles. The van der Waals surface area contributed by atoms with E-state index in [0.717, 1.165) is 22.4 Å². The third-order valence-electron chi connectivity index (χ3n) is 4.73. The molecule has 1 heterocycles. The van der Waals surface area contributed by atoms with Gasteiger partial charge in [0.1, 0.15) is 5.82 Å². The lowest BCUT2D eigenvalue weighted by molar-refractivity contribution is 0.0953. The van der Waals surface area contributed by atoms with Crippen molar-refractivity contribution in [2.45, 2.75) is 20.3 Å². The van der Waals surface area contributed by atoms with E-state index in [9.17, 15) is 14.0 Å². The normalized spacial score (nSPS) is 10.4. The van der Waals surface area contributed by atoms with E-state index in [0.29, 0.717) is 24.1 Å². The first-order valence-electron chi connectivity index (χ1n) is 9.29. The zero-order valence-corrected chi connectivity index (χ0v) is 16.3. The van der Waals surface area contributed by atoms with Gasteiger partial charge in [0.15, 0.2) is 0 Å². The number of nitrogens with one attached hydrogen (secondary N) is 2. The van der Waals surface area contributed by atoms with Gasteiger partial charge in [0, 0.05) is 24.6 Å². The molecule has 29 heavy (non-hydrogen) atoms. The number of rotatable bonds is 6. The number of aromatic nitrogens is 1. The highest BCUT2D eigenvalue weighted by atomic mass is 19.1. The minimum absolute atomic E-state index is 0.292. The van der Waals surface area contributed by atoms with Gasteiger partial charge in [-0.2, -0.15) is 0 Å². The van der Waals surface area contributed by atoms with Crippen LogP contribution in [0.1, 0.15) is 37.4 Å². The smallest absolute Gasteiger partial charge is 0.257 e. The summed E-state index contributed by atoms with van der Waals surface area (Å²) in [7, 11) is 0. The number of pyridine rings is 1. The minimum atomic E-state index is -0.327. The highest BCUT2D eigenvalue weighted by molar-refractivity contribution is 6.06. The monoisotopic (exact) mass is 391 g/mol. The number of halogens is 1. The molecule has 2 N–H and O–H groups in total. The quantitative estimate of drug-likeness (QED) is 0.666. The van der Waals surface area contributed by atoms with Crippen LogP contribution in [0, 0.1) is 19.7 Å². The zero-order valence-electron chi connectivity index (χ0n) is 16.3. The molecule has 0 aliphatic rings. The highest BCUT2D eigenvalue weighted by Crippen LogP contribution is 2.19. The van der Waals surface area contributed by atoms with Crippen LogP contribution < -0.4 is 10.6 Å². The molecule has 0 unspecified atom stereocenters. The number of carbonyl (C=O) groups is 2. The van der Waals surface area contributed by atoms with Crippen LogP contribution in [0.25, 0.3) is 0 Å². The Morgan fingerprint density at radius 2 is 1.66 bits per heavy atom. The van der Waals surface area contributed by atoms with E-state index in [1.165, 1.54) is 30.6 Å². The van der Waals surface area contributed by atoms with E-state index < -0.39 is 0 Å². The van der Waals surface area contributed by atoms with Crippen molar-refractivity contribution in [2.75, 3.05) is 11.9 Å². The molecule has 0 aliphatic carbocycles. The van der Waals surface area contributed by atoms with E-state index >= 15 is 0 Å². The lowest BCUT2D eigenvalue weighted by Crippen LogP contribution is -2.26. The molecule has 0 saturated heterocycles. The molecule has 0 atom stereocenters. The summed E-state index contributed by atoms with van der Waals surface area (Å²) in [4.78, 5) is 29.0. The van der Waals surface area contributed by atoms with Gasteiger partial charge in [0.2, 0.25) is 0 Å². The SMILES string of the molecule is Cc1cccc(NC(=O)c2cncc(C(=O)NCCc3ccc(F)cc3)c2)c1C. The molecular weight excluding hydrogens is 369 g/mol. The Bertz CT molecular complexity index is 1030. The van der Waals surface area contributed by atoms with Gasteiger partial charge in [0.25, 0.3) is 11.8 Å². The second-order valence-corrected chi connectivity index (χ2v) is 6.80. The summed E-state index contributed by atoms with van der Waals surface area (Å²) in [5.41, 5.74) is 4.32. The standard InChI is InChI=1S/C23H22FN3O2/c1-15-4-3-5-21(16(15)2)27-23(29)19-12-18(13-25-14-19)22(28)26-11-10-17-6-8-20(24)9-7-17/h3-9,12-14H,10-11H2,1-2H3,(H,26,28)(H,27,29). The number of carbonyl (C=O) groups excluding carboxylic acids is 2. The van der Waals surface area contributed by atoms with Gasteiger partial charge in [0.05, 0.1) is 11.1 Å². The van der Waals surface area contributed by atoms with Crippen LogP contribution in [0.4, 0.5) is 10.1 Å². The van der Waals surface area contributed by atoms with E-state index in [2.05, 4.69) is 15.6 Å². The van der Waals surface area contributed by atoms with Gasteiger partial charge in [-0.1, -0.05) is 24.3 Å². The molecule has 0 spiro atoms. The zero-order chi connectivity index (χ0) is 20.8. The largest absolute Gasteiger partial charge is 0.352 e. The molecule has 0 radical (unpaired) electrons. The summed E-state index contributed by atoms with van der Waals surface area (Å²) in [5, 5.41) is 5.65. The number of nitrogens with zero attached hydrogens (tertiary/aromatic N) is 1. The summed E-state index contributed by atoms with van der Waals surface area (Å²) in [6.07, 6.45) is 3.42. The third-order valence-corrected chi connectivity index (χ3v) is 4.73. The van der Waals surface area contributed by atoms with Crippen molar-refractivity contribution in [3.63, 3.8) is 0 Å². The van der Waals surface area contributed by atoms with Crippen LogP contribution in [0.15, 0.2) is 60.9 Å². The van der Waals surface area contributed by atoms with Crippen molar-refractivity contribution in [3.8, 4) is 0 Å². The van der Waals surface area contributed by atoms with Crippen molar-refractivity contribution in [1.82, 2.24) is 10.3 Å². The molecule has 5 nitrogen and oxygen atoms in total. The maximum absolute atomic E-state index is 12.9. The summed E-state index contributed by atoms with van der Waals surface area (Å²) >= 11 is 0. The van der Waals surface area contributed by atoms with E-state index in [4.69, 9.17) is 0 Å². The van der Waals surface area contributed by atoms with Gasteiger partial charge in [-0.3, -0.25) is 14.6 Å². The molecule has 3 rings (SSSR count). The number of aryl methyl sites for hydroxylation is 1. The Morgan fingerprint density at radius 1 is 0.966 bits per heavy atom. The maximum atomic E-state index is 12.9. The van der Waals surface area contributed by atoms with Gasteiger partial charge in [-0.15, -0.1) is 0 Å². The van der Waals surface area contributed by atoms with Gasteiger partial charge in [-0.25, -0.2) is 4.39 Å². The van der Waals surface area contributed by atoms with Crippen LogP contribution in [0.3, 0.4) is 0 Å². The van der Waals surface area contributed by atoms with E-state index in [-0.39, 0.29) is 17.6 Å². The van der Waals surface area contributed by atoms with Crippen LogP contribution in [-0.4, -0.2) is 23.3 Å². The Morgan fingerprint density at radius 3 is 2.38 bits per heavy atom. The molecule has 0 saturated carbocycles. The Hall–Kier alpha value is -3.54. The summed E-state index contributed by atoms with van der Waals surface area (Å²) < 4.78 is 12.9. The predicted molar refractivity (Wildman–Crippen MR) is 111 cm³/mol. The van der Waals surface area contributed by atoms with E-state index in [1.54, 1.807) is 12.1 Å². The fourth-order valence-corrected chi connectivity index (χ4v) is 2.84. The topological polar surface area (TPSA) is 71.1 Å². The van der Waals surface area contributed by atoms with Crippen molar-refractivity contribution >= 4 is 17.5 Å². The number of hydrogen-bond donors (Lipinski definition) is 2. The minimum Gasteiger partial charge on any atom is -0.352 e. The second kappa shape index (κ2) is 9.10. The molecule has 6 heteroatoms. The molecule has 2 aromatic carbocycles. The third kappa shape index (κ3) is 5.25. The van der Waals surface area contributed by atoms with Crippen molar-refractivity contribution in [1.29, 1.82) is 0 Å². The fraction of sp³-hybridized carbons (Fsp3) is 0.174. The highest BCUT2D eigenvalue weighted by Gasteiger charge is 2.13. The van der Waals surface area contributed by atoms with Crippen molar-refractivity contribution in [3.05, 3.63) is 94.6 Å². The first-order chi connectivity index (χ1) is 13.9. The Balaban J connectivity index is 1.62. The Labute approximate surface area is 169 Å². The predicted octanol–water partition coefficient (Wildman–Crippen LogP) is 4.06. The summed E-state index contributed by atoms with van der Waals surface area (Å²) in [6.45, 7) is 4.31. The first kappa shape index (κ1) is 20.2. The van der Waals surface area contributed by atoms with Gasteiger partial charge in [-0.05, 0) is 61.2 Å². The fourth-order valence-electron chi connectivity index (χ4n) is 2.84. The van der Waals surface area contributed by atoms with Crippen molar-refractivity contribution in [2.24, 2.45) is 0 Å². The molecule has 1 aromatic heterocycles. The van der Waals surface area contributed by atoms with Crippen LogP contribution >= 0.6 is 0 Å². The van der Waals surface area contributed by atoms with Crippen LogP contribution in [0.2, 0.25) is 0 Å². The molecular formula is C23H22FN3O2. The van der Waals surface area contributed by atoms with Crippen LogP contribution in [0.5, 0.6) is 0 Å². The average Bonchev–Trinajstić information content (AvgIpc) is 2.73. The summed E-state index contributed by atoms with van der Waals surface area (Å²) in [6, 6.07) is 13.3. The molecule has 0 fully saturated rings. The number of hydrogen-bond acceptors (Lipinski definition) is 3. The molecule has 3 aromatic rings. The van der Waals surface area contributed by atoms with Gasteiger partial charge >= 0.3 is 0 Å². The van der Waals surface area contributed by atoms with E-state index in [1.807, 2.05) is 32.0 Å². The number of amides is 2. The second-order valence-electron chi connectivity index (χ2n) is 6.80. The van der Waals surface area contributed by atoms with Crippen LogP contribution in [-0.2, 0) is 6.42 Å².